The van der Waals surface area contributed by atoms with Gasteiger partial charge in [-0.25, -0.2) is 9.18 Å². The van der Waals surface area contributed by atoms with E-state index in [0.717, 1.165) is 5.56 Å². The van der Waals surface area contributed by atoms with E-state index in [2.05, 4.69) is 5.32 Å². The Morgan fingerprint density at radius 3 is 2.58 bits per heavy atom. The molecule has 6 heteroatoms. The van der Waals surface area contributed by atoms with Crippen molar-refractivity contribution in [3.63, 3.8) is 0 Å². The molecule has 0 aliphatic heterocycles. The predicted molar refractivity (Wildman–Crippen MR) is 68.5 cm³/mol. The molecule has 0 heterocycles. The van der Waals surface area contributed by atoms with Crippen LogP contribution in [-0.4, -0.2) is 44.2 Å². The zero-order valence-electron chi connectivity index (χ0n) is 10.6. The van der Waals surface area contributed by atoms with Gasteiger partial charge in [-0.05, 0) is 24.1 Å². The van der Waals surface area contributed by atoms with Crippen LogP contribution in [0.15, 0.2) is 24.3 Å². The first-order valence-corrected chi connectivity index (χ1v) is 6.04. The molecule has 0 saturated carbocycles. The van der Waals surface area contributed by atoms with E-state index in [-0.39, 0.29) is 6.61 Å². The molecule has 5 nitrogen and oxygen atoms in total. The van der Waals surface area contributed by atoms with E-state index in [4.69, 9.17) is 14.6 Å². The normalized spacial score (nSPS) is 10.2. The van der Waals surface area contributed by atoms with Crippen LogP contribution < -0.4 is 10.1 Å². The minimum Gasteiger partial charge on any atom is -0.491 e. The van der Waals surface area contributed by atoms with E-state index in [1.54, 1.807) is 0 Å². The molecule has 0 unspecified atom stereocenters. The molecular formula is C13H18FNO4. The summed E-state index contributed by atoms with van der Waals surface area (Å²) in [4.78, 5) is 10.3. The molecule has 1 rings (SSSR count). The first-order valence-electron chi connectivity index (χ1n) is 6.04. The third kappa shape index (κ3) is 7.25. The Kier molecular flexibility index (Phi) is 7.34. The molecule has 1 aromatic carbocycles. The molecule has 1 amide bonds. The fraction of sp³-hybridized carbons (Fsp3) is 0.462. The van der Waals surface area contributed by atoms with Crippen molar-refractivity contribution in [3.8, 4) is 5.75 Å². The zero-order chi connectivity index (χ0) is 13.9. The third-order valence-electron chi connectivity index (χ3n) is 2.33. The van der Waals surface area contributed by atoms with E-state index >= 15 is 0 Å². The summed E-state index contributed by atoms with van der Waals surface area (Å²) in [6.07, 6.45) is -0.389. The Morgan fingerprint density at radius 1 is 1.21 bits per heavy atom. The van der Waals surface area contributed by atoms with Gasteiger partial charge in [0.15, 0.2) is 0 Å². The molecule has 0 saturated heterocycles. The van der Waals surface area contributed by atoms with Gasteiger partial charge >= 0.3 is 6.09 Å². The second-order valence-corrected chi connectivity index (χ2v) is 3.78. The maximum Gasteiger partial charge on any atom is 0.404 e. The number of carboxylic acid groups (broad SMARTS) is 1. The third-order valence-corrected chi connectivity index (χ3v) is 2.33. The maximum atomic E-state index is 11.7. The number of alkyl halides is 1. The minimum absolute atomic E-state index is 0.0961. The van der Waals surface area contributed by atoms with Gasteiger partial charge in [0.05, 0.1) is 13.2 Å². The van der Waals surface area contributed by atoms with Gasteiger partial charge in [-0.15, -0.1) is 0 Å². The van der Waals surface area contributed by atoms with Crippen molar-refractivity contribution in [2.45, 2.75) is 6.42 Å². The summed E-state index contributed by atoms with van der Waals surface area (Å²) >= 11 is 0. The number of benzene rings is 1. The van der Waals surface area contributed by atoms with Crippen LogP contribution in [0, 0.1) is 0 Å². The molecule has 2 N–H and O–H groups in total. The second-order valence-electron chi connectivity index (χ2n) is 3.78. The molecule has 0 fully saturated rings. The molecule has 19 heavy (non-hydrogen) atoms. The van der Waals surface area contributed by atoms with Crippen LogP contribution in [0.5, 0.6) is 5.75 Å². The molecular weight excluding hydrogens is 253 g/mol. The van der Waals surface area contributed by atoms with E-state index in [9.17, 15) is 9.18 Å². The maximum absolute atomic E-state index is 11.7. The van der Waals surface area contributed by atoms with Crippen molar-refractivity contribution in [2.75, 3.05) is 33.0 Å². The van der Waals surface area contributed by atoms with Gasteiger partial charge in [0, 0.05) is 6.54 Å². The number of halogens is 1. The average molecular weight is 271 g/mol. The average Bonchev–Trinajstić information content (AvgIpc) is 2.40. The fourth-order valence-electron chi connectivity index (χ4n) is 1.44. The molecule has 0 atom stereocenters. The summed E-state index contributed by atoms with van der Waals surface area (Å²) in [5.74, 6) is 0.707. The largest absolute Gasteiger partial charge is 0.491 e. The molecule has 106 valence electrons. The predicted octanol–water partition coefficient (Wildman–Crippen LogP) is 1.86. The molecule has 0 radical (unpaired) electrons. The van der Waals surface area contributed by atoms with Crippen molar-refractivity contribution in [1.82, 2.24) is 5.32 Å². The van der Waals surface area contributed by atoms with E-state index < -0.39 is 12.8 Å². The summed E-state index contributed by atoms with van der Waals surface area (Å²) in [5.41, 5.74) is 1.02. The Labute approximate surface area is 111 Å². The summed E-state index contributed by atoms with van der Waals surface area (Å²) in [6, 6.07) is 7.37. The number of ether oxygens (including phenoxy) is 2. The number of carbonyl (C=O) groups is 1. The SMILES string of the molecule is O=C(O)NCCc1ccc(OCCOCCF)cc1. The summed E-state index contributed by atoms with van der Waals surface area (Å²) in [5, 5.41) is 10.7. The number of hydrogen-bond acceptors (Lipinski definition) is 3. The van der Waals surface area contributed by atoms with Gasteiger partial charge in [0.2, 0.25) is 0 Å². The summed E-state index contributed by atoms with van der Waals surface area (Å²) < 4.78 is 22.1. The topological polar surface area (TPSA) is 67.8 Å². The highest BCUT2D eigenvalue weighted by Crippen LogP contribution is 2.12. The van der Waals surface area contributed by atoms with Crippen molar-refractivity contribution < 1.29 is 23.8 Å². The second kappa shape index (κ2) is 9.16. The van der Waals surface area contributed by atoms with E-state index in [1.165, 1.54) is 0 Å². The number of rotatable bonds is 9. The van der Waals surface area contributed by atoms with Crippen molar-refractivity contribution in [3.05, 3.63) is 29.8 Å². The Balaban J connectivity index is 2.21. The molecule has 0 bridgehead atoms. The fourth-order valence-corrected chi connectivity index (χ4v) is 1.44. The number of nitrogens with one attached hydrogen (secondary N) is 1. The Hall–Kier alpha value is -1.82. The van der Waals surface area contributed by atoms with Crippen molar-refractivity contribution in [1.29, 1.82) is 0 Å². The highest BCUT2D eigenvalue weighted by atomic mass is 19.1. The van der Waals surface area contributed by atoms with Crippen molar-refractivity contribution >= 4 is 6.09 Å². The molecule has 0 aliphatic carbocycles. The molecule has 0 aromatic heterocycles. The Bertz CT molecular complexity index is 369. The first kappa shape index (κ1) is 15.2. The summed E-state index contributed by atoms with van der Waals surface area (Å²) in [6.45, 7) is 0.721. The standard InChI is InChI=1S/C13H18FNO4/c14-6-8-18-9-10-19-12-3-1-11(2-4-12)5-7-15-13(16)17/h1-4,15H,5-10H2,(H,16,17). The molecule has 1 aromatic rings. The number of hydrogen-bond donors (Lipinski definition) is 2. The van der Waals surface area contributed by atoms with Crippen LogP contribution in [0.3, 0.4) is 0 Å². The minimum atomic E-state index is -1.02. The van der Waals surface area contributed by atoms with Crippen LogP contribution >= 0.6 is 0 Å². The monoisotopic (exact) mass is 271 g/mol. The first-order chi connectivity index (χ1) is 9.22. The van der Waals surface area contributed by atoms with Gasteiger partial charge in [-0.2, -0.15) is 0 Å². The van der Waals surface area contributed by atoms with Gasteiger partial charge in [0.1, 0.15) is 19.0 Å². The van der Waals surface area contributed by atoms with Gasteiger partial charge in [-0.3, -0.25) is 0 Å². The van der Waals surface area contributed by atoms with Crippen molar-refractivity contribution in [2.24, 2.45) is 0 Å². The lowest BCUT2D eigenvalue weighted by molar-refractivity contribution is 0.0897. The molecule has 0 aliphatic rings. The lowest BCUT2D eigenvalue weighted by Crippen LogP contribution is -2.23. The van der Waals surface area contributed by atoms with Gasteiger partial charge < -0.3 is 19.9 Å². The molecule has 0 spiro atoms. The smallest absolute Gasteiger partial charge is 0.404 e. The number of amides is 1. The van der Waals surface area contributed by atoms with E-state index in [1.807, 2.05) is 24.3 Å². The highest BCUT2D eigenvalue weighted by molar-refractivity contribution is 5.64. The van der Waals surface area contributed by atoms with Gasteiger partial charge in [0.25, 0.3) is 0 Å². The van der Waals surface area contributed by atoms with Crippen LogP contribution in [0.4, 0.5) is 9.18 Å². The lowest BCUT2D eigenvalue weighted by atomic mass is 10.1. The van der Waals surface area contributed by atoms with Gasteiger partial charge in [-0.1, -0.05) is 12.1 Å². The lowest BCUT2D eigenvalue weighted by Gasteiger charge is -2.07. The summed E-state index contributed by atoms with van der Waals surface area (Å²) in [7, 11) is 0. The quantitative estimate of drug-likeness (QED) is 0.673. The Morgan fingerprint density at radius 2 is 1.95 bits per heavy atom. The highest BCUT2D eigenvalue weighted by Gasteiger charge is 1.98. The van der Waals surface area contributed by atoms with E-state index in [0.29, 0.717) is 31.9 Å². The van der Waals surface area contributed by atoms with Crippen LogP contribution in [0.1, 0.15) is 5.56 Å². The van der Waals surface area contributed by atoms with Crippen LogP contribution in [-0.2, 0) is 11.2 Å². The van der Waals surface area contributed by atoms with Crippen LogP contribution in [0.2, 0.25) is 0 Å². The zero-order valence-corrected chi connectivity index (χ0v) is 10.6. The van der Waals surface area contributed by atoms with Crippen LogP contribution in [0.25, 0.3) is 0 Å².